The van der Waals surface area contributed by atoms with Crippen LogP contribution < -0.4 is 0 Å². The van der Waals surface area contributed by atoms with Gasteiger partial charge in [-0.2, -0.15) is 23.7 Å². The average molecular weight is 348 g/mol. The predicted molar refractivity (Wildman–Crippen MR) is 63.4 cm³/mol. The molecule has 0 radical (unpaired) electrons. The van der Waals surface area contributed by atoms with Crippen LogP contribution in [0.5, 0.6) is 0 Å². The maximum absolute atomic E-state index is 12.6. The van der Waals surface area contributed by atoms with E-state index < -0.39 is 11.7 Å². The highest BCUT2D eigenvalue weighted by molar-refractivity contribution is 14.1. The third-order valence-electron chi connectivity index (χ3n) is 1.87. The van der Waals surface area contributed by atoms with Crippen LogP contribution >= 0.6 is 22.6 Å². The van der Waals surface area contributed by atoms with Crippen molar-refractivity contribution in [2.45, 2.75) is 6.18 Å². The first-order chi connectivity index (χ1) is 7.90. The van der Waals surface area contributed by atoms with Gasteiger partial charge in [0.2, 0.25) is 0 Å². The first kappa shape index (κ1) is 13.5. The van der Waals surface area contributed by atoms with Gasteiger partial charge in [-0.25, -0.2) is 0 Å². The van der Waals surface area contributed by atoms with Crippen LogP contribution in [-0.2, 0) is 6.18 Å². The summed E-state index contributed by atoms with van der Waals surface area (Å²) in [6.07, 6.45) is -3.31. The third kappa shape index (κ3) is 3.21. The van der Waals surface area contributed by atoms with Gasteiger partial charge in [0.15, 0.2) is 0 Å². The molecular formula is C11H4F3IN2. The van der Waals surface area contributed by atoms with Crippen LogP contribution in [0.4, 0.5) is 13.2 Å². The molecule has 0 aliphatic rings. The minimum absolute atomic E-state index is 0.0272. The lowest BCUT2D eigenvalue weighted by molar-refractivity contribution is -0.138. The van der Waals surface area contributed by atoms with Gasteiger partial charge in [-0.3, -0.25) is 0 Å². The fourth-order valence-corrected chi connectivity index (χ4v) is 1.95. The summed E-state index contributed by atoms with van der Waals surface area (Å²) in [5, 5.41) is 17.1. The molecule has 0 atom stereocenters. The van der Waals surface area contributed by atoms with Crippen molar-refractivity contribution in [1.29, 1.82) is 10.5 Å². The van der Waals surface area contributed by atoms with Crippen molar-refractivity contribution in [2.75, 3.05) is 0 Å². The molecule has 0 saturated carbocycles. The van der Waals surface area contributed by atoms with E-state index in [1.54, 1.807) is 34.7 Å². The lowest BCUT2D eigenvalue weighted by Crippen LogP contribution is -2.08. The largest absolute Gasteiger partial charge is 0.417 e. The van der Waals surface area contributed by atoms with Crippen LogP contribution in [0.3, 0.4) is 0 Å². The zero-order valence-electron chi connectivity index (χ0n) is 8.22. The lowest BCUT2D eigenvalue weighted by atomic mass is 10.1. The molecule has 0 aliphatic heterocycles. The van der Waals surface area contributed by atoms with Crippen LogP contribution in [0.2, 0.25) is 0 Å². The molecule has 0 N–H and O–H groups in total. The smallest absolute Gasteiger partial charge is 0.192 e. The van der Waals surface area contributed by atoms with E-state index in [1.165, 1.54) is 12.1 Å². The number of alkyl halides is 3. The first-order valence-electron chi connectivity index (χ1n) is 4.27. The summed E-state index contributed by atoms with van der Waals surface area (Å²) in [7, 11) is 0. The Morgan fingerprint density at radius 1 is 1.24 bits per heavy atom. The van der Waals surface area contributed by atoms with Gasteiger partial charge in [0.1, 0.15) is 17.7 Å². The first-order valence-corrected chi connectivity index (χ1v) is 5.35. The van der Waals surface area contributed by atoms with E-state index >= 15 is 0 Å². The molecule has 0 spiro atoms. The van der Waals surface area contributed by atoms with Gasteiger partial charge in [0.05, 0.1) is 5.56 Å². The molecule has 17 heavy (non-hydrogen) atoms. The molecule has 1 rings (SSSR count). The Labute approximate surface area is 109 Å². The van der Waals surface area contributed by atoms with E-state index in [9.17, 15) is 13.2 Å². The molecule has 0 aliphatic carbocycles. The Balaban J connectivity index is 3.37. The molecule has 0 heterocycles. The third-order valence-corrected chi connectivity index (χ3v) is 3.08. The van der Waals surface area contributed by atoms with Gasteiger partial charge in [0.25, 0.3) is 0 Å². The number of allylic oxidation sites excluding steroid dienone is 1. The Morgan fingerprint density at radius 2 is 1.82 bits per heavy atom. The minimum Gasteiger partial charge on any atom is -0.192 e. The summed E-state index contributed by atoms with van der Waals surface area (Å²) >= 11 is 1.55. The predicted octanol–water partition coefficient (Wildman–Crippen LogP) is 3.74. The molecular weight excluding hydrogens is 344 g/mol. The Morgan fingerprint density at radius 3 is 2.29 bits per heavy atom. The molecule has 0 fully saturated rings. The standard InChI is InChI=1S/C11H4F3IN2/c12-11(13,14)9-3-1-2-8(10(9)15)4-7(5-16)6-17/h1-4H. The number of halogens is 4. The quantitative estimate of drug-likeness (QED) is 0.573. The number of nitrogens with zero attached hydrogens (tertiary/aromatic N) is 2. The molecule has 1 aromatic carbocycles. The highest BCUT2D eigenvalue weighted by Crippen LogP contribution is 2.34. The highest BCUT2D eigenvalue weighted by Gasteiger charge is 2.33. The van der Waals surface area contributed by atoms with Crippen molar-refractivity contribution in [3.8, 4) is 12.1 Å². The maximum Gasteiger partial charge on any atom is 0.417 e. The van der Waals surface area contributed by atoms with E-state index in [0.29, 0.717) is 0 Å². The molecule has 6 heteroatoms. The van der Waals surface area contributed by atoms with Crippen molar-refractivity contribution < 1.29 is 13.2 Å². The van der Waals surface area contributed by atoms with E-state index in [1.807, 2.05) is 0 Å². The van der Waals surface area contributed by atoms with Crippen LogP contribution in [-0.4, -0.2) is 0 Å². The van der Waals surface area contributed by atoms with E-state index in [-0.39, 0.29) is 14.7 Å². The van der Waals surface area contributed by atoms with E-state index in [4.69, 9.17) is 10.5 Å². The fraction of sp³-hybridized carbons (Fsp3) is 0.0909. The second-order valence-corrected chi connectivity index (χ2v) is 4.07. The van der Waals surface area contributed by atoms with Crippen molar-refractivity contribution in [3.05, 3.63) is 38.5 Å². The SMILES string of the molecule is N#CC(C#N)=Cc1cccc(C(F)(F)F)c1I. The summed E-state index contributed by atoms with van der Waals surface area (Å²) in [6, 6.07) is 6.82. The van der Waals surface area contributed by atoms with Crippen LogP contribution in [0, 0.1) is 26.2 Å². The molecule has 0 amide bonds. The lowest BCUT2D eigenvalue weighted by Gasteiger charge is -2.10. The van der Waals surface area contributed by atoms with Crippen LogP contribution in [0.1, 0.15) is 11.1 Å². The normalized spacial score (nSPS) is 10.2. The second-order valence-electron chi connectivity index (χ2n) is 2.99. The minimum atomic E-state index is -4.44. The summed E-state index contributed by atoms with van der Waals surface area (Å²) in [4.78, 5) is 0. The summed E-state index contributed by atoms with van der Waals surface area (Å²) < 4.78 is 37.7. The van der Waals surface area contributed by atoms with Crippen molar-refractivity contribution in [3.63, 3.8) is 0 Å². The second kappa shape index (κ2) is 5.19. The van der Waals surface area contributed by atoms with Gasteiger partial charge in [-0.15, -0.1) is 0 Å². The molecule has 86 valence electrons. The topological polar surface area (TPSA) is 47.6 Å². The zero-order valence-corrected chi connectivity index (χ0v) is 10.4. The molecule has 0 bridgehead atoms. The summed E-state index contributed by atoms with van der Waals surface area (Å²) in [5.74, 6) is 0. The van der Waals surface area contributed by atoms with Crippen molar-refractivity contribution >= 4 is 28.7 Å². The van der Waals surface area contributed by atoms with E-state index in [2.05, 4.69) is 0 Å². The van der Waals surface area contributed by atoms with E-state index in [0.717, 1.165) is 12.1 Å². The van der Waals surface area contributed by atoms with Crippen LogP contribution in [0.25, 0.3) is 6.08 Å². The maximum atomic E-state index is 12.6. The number of hydrogen-bond acceptors (Lipinski definition) is 2. The molecule has 2 nitrogen and oxygen atoms in total. The number of hydrogen-bond donors (Lipinski definition) is 0. The Bertz CT molecular complexity index is 531. The van der Waals surface area contributed by atoms with Gasteiger partial charge in [0, 0.05) is 3.57 Å². The van der Waals surface area contributed by atoms with Gasteiger partial charge in [-0.1, -0.05) is 12.1 Å². The number of rotatable bonds is 1. The monoisotopic (exact) mass is 348 g/mol. The molecule has 0 aromatic heterocycles. The highest BCUT2D eigenvalue weighted by atomic mass is 127. The molecule has 0 unspecified atom stereocenters. The number of nitriles is 2. The van der Waals surface area contributed by atoms with Gasteiger partial charge < -0.3 is 0 Å². The fourth-order valence-electron chi connectivity index (χ4n) is 1.13. The Hall–Kier alpha value is -1.54. The van der Waals surface area contributed by atoms with Gasteiger partial charge >= 0.3 is 6.18 Å². The zero-order chi connectivity index (χ0) is 13.1. The van der Waals surface area contributed by atoms with Crippen LogP contribution in [0.15, 0.2) is 23.8 Å². The molecule has 1 aromatic rings. The average Bonchev–Trinajstić information content (AvgIpc) is 2.26. The summed E-state index contributed by atoms with van der Waals surface area (Å²) in [6.45, 7) is 0. The Kier molecular flexibility index (Phi) is 4.13. The molecule has 0 saturated heterocycles. The number of benzene rings is 1. The summed E-state index contributed by atoms with van der Waals surface area (Å²) in [5.41, 5.74) is -0.803. The van der Waals surface area contributed by atoms with Gasteiger partial charge in [-0.05, 0) is 40.3 Å². The van der Waals surface area contributed by atoms with Crippen molar-refractivity contribution in [1.82, 2.24) is 0 Å². The van der Waals surface area contributed by atoms with Crippen molar-refractivity contribution in [2.24, 2.45) is 0 Å².